The van der Waals surface area contributed by atoms with Crippen LogP contribution >= 0.6 is 15.9 Å². The molecule has 0 saturated heterocycles. The number of benzene rings is 2. The van der Waals surface area contributed by atoms with Crippen molar-refractivity contribution in [2.24, 2.45) is 0 Å². The SMILES string of the molecule is C[C@H](C(=O)N(C)Cc1nc(-c2cccc(Br)c2)no1)N(c1ccc(F)c(F)c1)S(C)(=O)=O. The number of carbonyl (C=O) groups is 1. The number of likely N-dealkylation sites (N-methyl/N-ethyl adjacent to an activating group) is 1. The van der Waals surface area contributed by atoms with Crippen LogP contribution in [0.2, 0.25) is 0 Å². The van der Waals surface area contributed by atoms with E-state index in [-0.39, 0.29) is 18.1 Å². The zero-order chi connectivity index (χ0) is 23.6. The number of amides is 1. The Hall–Kier alpha value is -2.86. The van der Waals surface area contributed by atoms with E-state index in [9.17, 15) is 22.0 Å². The van der Waals surface area contributed by atoms with Crippen LogP contribution in [0.1, 0.15) is 12.8 Å². The van der Waals surface area contributed by atoms with Crippen molar-refractivity contribution in [2.45, 2.75) is 19.5 Å². The van der Waals surface area contributed by atoms with Crippen LogP contribution in [0.3, 0.4) is 0 Å². The number of carbonyl (C=O) groups excluding carboxylic acids is 1. The number of sulfonamides is 1. The van der Waals surface area contributed by atoms with Crippen molar-refractivity contribution in [2.75, 3.05) is 17.6 Å². The maximum absolute atomic E-state index is 13.7. The molecule has 12 heteroatoms. The summed E-state index contributed by atoms with van der Waals surface area (Å²) in [6, 6.07) is 8.62. The number of rotatable bonds is 7. The first-order valence-corrected chi connectivity index (χ1v) is 11.9. The average Bonchev–Trinajstić information content (AvgIpc) is 3.17. The summed E-state index contributed by atoms with van der Waals surface area (Å²) >= 11 is 3.36. The fourth-order valence-electron chi connectivity index (χ4n) is 3.09. The number of aromatic nitrogens is 2. The van der Waals surface area contributed by atoms with Gasteiger partial charge in [-0.1, -0.05) is 33.2 Å². The van der Waals surface area contributed by atoms with Crippen LogP contribution in [0.5, 0.6) is 0 Å². The molecular formula is C20H19BrF2N4O4S. The zero-order valence-corrected chi connectivity index (χ0v) is 19.7. The molecule has 0 N–H and O–H groups in total. The van der Waals surface area contributed by atoms with Gasteiger partial charge >= 0.3 is 0 Å². The van der Waals surface area contributed by atoms with Gasteiger partial charge in [-0.2, -0.15) is 4.98 Å². The average molecular weight is 529 g/mol. The quantitative estimate of drug-likeness (QED) is 0.464. The van der Waals surface area contributed by atoms with Gasteiger partial charge in [0.25, 0.3) is 0 Å². The lowest BCUT2D eigenvalue weighted by atomic mass is 10.2. The summed E-state index contributed by atoms with van der Waals surface area (Å²) in [5, 5.41) is 3.90. The third kappa shape index (κ3) is 5.30. The van der Waals surface area contributed by atoms with E-state index in [0.717, 1.165) is 33.2 Å². The molecule has 32 heavy (non-hydrogen) atoms. The van der Waals surface area contributed by atoms with Gasteiger partial charge in [0.15, 0.2) is 11.6 Å². The van der Waals surface area contributed by atoms with Crippen molar-refractivity contribution in [3.63, 3.8) is 0 Å². The summed E-state index contributed by atoms with van der Waals surface area (Å²) in [6.45, 7) is 1.27. The van der Waals surface area contributed by atoms with Crippen molar-refractivity contribution in [3.05, 3.63) is 64.5 Å². The summed E-state index contributed by atoms with van der Waals surface area (Å²) in [5.41, 5.74) is 0.536. The van der Waals surface area contributed by atoms with E-state index in [4.69, 9.17) is 4.52 Å². The lowest BCUT2D eigenvalue weighted by molar-refractivity contribution is -0.131. The van der Waals surface area contributed by atoms with E-state index in [1.807, 2.05) is 12.1 Å². The van der Waals surface area contributed by atoms with Crippen molar-refractivity contribution < 1.29 is 26.5 Å². The second-order valence-corrected chi connectivity index (χ2v) is 9.82. The Kier molecular flexibility index (Phi) is 6.94. The van der Waals surface area contributed by atoms with Gasteiger partial charge in [0, 0.05) is 23.2 Å². The topological polar surface area (TPSA) is 96.6 Å². The Balaban J connectivity index is 1.80. The Morgan fingerprint density at radius 3 is 2.53 bits per heavy atom. The molecule has 0 aliphatic carbocycles. The normalized spacial score (nSPS) is 12.4. The van der Waals surface area contributed by atoms with Crippen molar-refractivity contribution in [1.82, 2.24) is 15.0 Å². The highest BCUT2D eigenvalue weighted by molar-refractivity contribution is 9.10. The van der Waals surface area contributed by atoms with E-state index >= 15 is 0 Å². The van der Waals surface area contributed by atoms with Crippen LogP contribution < -0.4 is 4.31 Å². The fourth-order valence-corrected chi connectivity index (χ4v) is 4.65. The number of nitrogens with zero attached hydrogens (tertiary/aromatic N) is 4. The van der Waals surface area contributed by atoms with Crippen molar-refractivity contribution >= 4 is 37.5 Å². The minimum Gasteiger partial charge on any atom is -0.337 e. The lowest BCUT2D eigenvalue weighted by Crippen LogP contribution is -2.48. The van der Waals surface area contributed by atoms with Crippen LogP contribution in [0.15, 0.2) is 51.5 Å². The molecule has 1 atom stereocenters. The molecule has 1 amide bonds. The van der Waals surface area contributed by atoms with Gasteiger partial charge in [0.1, 0.15) is 6.04 Å². The Labute approximate surface area is 192 Å². The first kappa shape index (κ1) is 23.8. The summed E-state index contributed by atoms with van der Waals surface area (Å²) in [6.07, 6.45) is 0.875. The first-order valence-electron chi connectivity index (χ1n) is 9.25. The smallest absolute Gasteiger partial charge is 0.246 e. The van der Waals surface area contributed by atoms with Gasteiger partial charge in [-0.25, -0.2) is 17.2 Å². The summed E-state index contributed by atoms with van der Waals surface area (Å²) < 4.78 is 58.4. The largest absolute Gasteiger partial charge is 0.337 e. The van der Waals surface area contributed by atoms with Crippen molar-refractivity contribution in [1.29, 1.82) is 0 Å². The molecule has 0 aliphatic heterocycles. The number of anilines is 1. The van der Waals surface area contributed by atoms with Crippen LogP contribution in [-0.4, -0.2) is 48.7 Å². The molecule has 1 aromatic heterocycles. The maximum atomic E-state index is 13.7. The van der Waals surface area contributed by atoms with E-state index in [1.165, 1.54) is 18.9 Å². The Morgan fingerprint density at radius 1 is 1.19 bits per heavy atom. The predicted molar refractivity (Wildman–Crippen MR) is 117 cm³/mol. The fraction of sp³-hybridized carbons (Fsp3) is 0.250. The molecule has 0 saturated carbocycles. The molecule has 0 bridgehead atoms. The molecule has 3 aromatic rings. The van der Waals surface area contributed by atoms with Crippen molar-refractivity contribution in [3.8, 4) is 11.4 Å². The Bertz CT molecular complexity index is 1250. The summed E-state index contributed by atoms with van der Waals surface area (Å²) in [5.74, 6) is -2.50. The van der Waals surface area contributed by atoms with E-state index in [0.29, 0.717) is 11.4 Å². The van der Waals surface area contributed by atoms with Crippen LogP contribution in [-0.2, 0) is 21.4 Å². The minimum atomic E-state index is -3.99. The second kappa shape index (κ2) is 9.33. The van der Waals surface area contributed by atoms with Gasteiger partial charge in [-0.3, -0.25) is 9.10 Å². The molecule has 3 rings (SSSR count). The monoisotopic (exact) mass is 528 g/mol. The van der Waals surface area contributed by atoms with E-state index in [1.54, 1.807) is 12.1 Å². The molecule has 170 valence electrons. The Morgan fingerprint density at radius 2 is 1.91 bits per heavy atom. The van der Waals surface area contributed by atoms with Crippen LogP contribution in [0.4, 0.5) is 14.5 Å². The third-order valence-corrected chi connectivity index (χ3v) is 6.26. The molecule has 2 aromatic carbocycles. The number of hydrogen-bond donors (Lipinski definition) is 0. The molecular weight excluding hydrogens is 510 g/mol. The van der Waals surface area contributed by atoms with Gasteiger partial charge in [0.2, 0.25) is 27.6 Å². The number of halogens is 3. The van der Waals surface area contributed by atoms with Gasteiger partial charge in [-0.05, 0) is 31.2 Å². The van der Waals surface area contributed by atoms with Gasteiger partial charge in [0.05, 0.1) is 18.5 Å². The lowest BCUT2D eigenvalue weighted by Gasteiger charge is -2.30. The number of hydrogen-bond acceptors (Lipinski definition) is 6. The summed E-state index contributed by atoms with van der Waals surface area (Å²) in [4.78, 5) is 18.4. The molecule has 1 heterocycles. The standard InChI is InChI=1S/C20H19BrF2N4O4S/c1-12(27(32(3,29)30)15-7-8-16(22)17(23)10-15)20(28)26(2)11-18-24-19(25-31-18)13-5-4-6-14(21)9-13/h4-10,12H,11H2,1-3H3/t12-/m1/s1. The first-order chi connectivity index (χ1) is 15.0. The second-order valence-electron chi connectivity index (χ2n) is 7.05. The highest BCUT2D eigenvalue weighted by atomic mass is 79.9. The molecule has 0 aliphatic rings. The van der Waals surface area contributed by atoms with E-state index < -0.39 is 33.6 Å². The van der Waals surface area contributed by atoms with Crippen LogP contribution in [0, 0.1) is 11.6 Å². The van der Waals surface area contributed by atoms with Crippen LogP contribution in [0.25, 0.3) is 11.4 Å². The molecule has 0 fully saturated rings. The minimum absolute atomic E-state index is 0.0838. The predicted octanol–water partition coefficient (Wildman–Crippen LogP) is 3.59. The van der Waals surface area contributed by atoms with Gasteiger partial charge < -0.3 is 9.42 Å². The molecule has 8 nitrogen and oxygen atoms in total. The van der Waals surface area contributed by atoms with Gasteiger partial charge in [-0.15, -0.1) is 0 Å². The molecule has 0 unspecified atom stereocenters. The highest BCUT2D eigenvalue weighted by Gasteiger charge is 2.32. The summed E-state index contributed by atoms with van der Waals surface area (Å²) in [7, 11) is -2.56. The molecule has 0 spiro atoms. The third-order valence-electron chi connectivity index (χ3n) is 4.52. The zero-order valence-electron chi connectivity index (χ0n) is 17.3. The highest BCUT2D eigenvalue weighted by Crippen LogP contribution is 2.24. The molecule has 0 radical (unpaired) electrons. The van der Waals surface area contributed by atoms with E-state index in [2.05, 4.69) is 26.1 Å². The maximum Gasteiger partial charge on any atom is 0.246 e.